The van der Waals surface area contributed by atoms with Crippen LogP contribution in [0.25, 0.3) is 0 Å². The van der Waals surface area contributed by atoms with Gasteiger partial charge in [-0.15, -0.1) is 0 Å². The summed E-state index contributed by atoms with van der Waals surface area (Å²) >= 11 is 9.05. The molecule has 4 nitrogen and oxygen atoms in total. The van der Waals surface area contributed by atoms with E-state index in [4.69, 9.17) is 16.3 Å². The standard InChI is InChI=1S/C15H11BrClFN2O2/c16-11-6-5-10(13(18)7-11)8-19-20-15(21)9-22-14-4-2-1-3-12(14)17/h1-8H,9H2,(H,20,21)/b19-8-. The van der Waals surface area contributed by atoms with Gasteiger partial charge in [-0.2, -0.15) is 5.10 Å². The Labute approximate surface area is 140 Å². The van der Waals surface area contributed by atoms with E-state index in [0.717, 1.165) is 0 Å². The maximum atomic E-state index is 13.5. The molecular weight excluding hydrogens is 375 g/mol. The molecule has 0 aliphatic heterocycles. The fourth-order valence-corrected chi connectivity index (χ4v) is 2.04. The average molecular weight is 386 g/mol. The predicted molar refractivity (Wildman–Crippen MR) is 86.8 cm³/mol. The topological polar surface area (TPSA) is 50.7 Å². The van der Waals surface area contributed by atoms with Crippen LogP contribution in [-0.2, 0) is 4.79 Å². The monoisotopic (exact) mass is 384 g/mol. The fraction of sp³-hybridized carbons (Fsp3) is 0.0667. The van der Waals surface area contributed by atoms with Gasteiger partial charge < -0.3 is 4.74 Å². The molecule has 2 rings (SSSR count). The van der Waals surface area contributed by atoms with Crippen molar-refractivity contribution in [1.29, 1.82) is 0 Å². The van der Waals surface area contributed by atoms with Gasteiger partial charge in [-0.1, -0.05) is 39.7 Å². The maximum absolute atomic E-state index is 13.5. The van der Waals surface area contributed by atoms with Gasteiger partial charge in [0.1, 0.15) is 11.6 Å². The number of para-hydroxylation sites is 1. The number of carbonyl (C=O) groups excluding carboxylic acids is 1. The molecule has 0 atom stereocenters. The van der Waals surface area contributed by atoms with Crippen LogP contribution in [0.4, 0.5) is 4.39 Å². The predicted octanol–water partition coefficient (Wildman–Crippen LogP) is 3.77. The lowest BCUT2D eigenvalue weighted by Crippen LogP contribution is -2.24. The van der Waals surface area contributed by atoms with E-state index in [9.17, 15) is 9.18 Å². The normalized spacial score (nSPS) is 10.7. The lowest BCUT2D eigenvalue weighted by atomic mass is 10.2. The molecule has 1 amide bonds. The summed E-state index contributed by atoms with van der Waals surface area (Å²) in [6, 6.07) is 11.3. The van der Waals surface area contributed by atoms with E-state index in [1.807, 2.05) is 0 Å². The third-order valence-corrected chi connectivity index (χ3v) is 3.36. The highest BCUT2D eigenvalue weighted by molar-refractivity contribution is 9.10. The Morgan fingerprint density at radius 3 is 2.86 bits per heavy atom. The highest BCUT2D eigenvalue weighted by Crippen LogP contribution is 2.22. The number of halogens is 3. The quantitative estimate of drug-likeness (QED) is 0.629. The van der Waals surface area contributed by atoms with E-state index in [2.05, 4.69) is 26.5 Å². The number of amides is 1. The lowest BCUT2D eigenvalue weighted by molar-refractivity contribution is -0.123. The van der Waals surface area contributed by atoms with Crippen LogP contribution < -0.4 is 10.2 Å². The first-order valence-electron chi connectivity index (χ1n) is 6.20. The van der Waals surface area contributed by atoms with Crippen LogP contribution in [0.15, 0.2) is 52.0 Å². The van der Waals surface area contributed by atoms with Crippen molar-refractivity contribution in [3.63, 3.8) is 0 Å². The lowest BCUT2D eigenvalue weighted by Gasteiger charge is -2.06. The van der Waals surface area contributed by atoms with Crippen LogP contribution in [0.5, 0.6) is 5.75 Å². The highest BCUT2D eigenvalue weighted by atomic mass is 79.9. The van der Waals surface area contributed by atoms with Crippen molar-refractivity contribution < 1.29 is 13.9 Å². The summed E-state index contributed by atoms with van der Waals surface area (Å²) in [5, 5.41) is 4.09. The van der Waals surface area contributed by atoms with Crippen molar-refractivity contribution in [1.82, 2.24) is 5.43 Å². The summed E-state index contributed by atoms with van der Waals surface area (Å²) in [5.74, 6) is -0.518. The minimum atomic E-state index is -0.478. The Kier molecular flexibility index (Phi) is 5.91. The first-order valence-corrected chi connectivity index (χ1v) is 7.37. The van der Waals surface area contributed by atoms with Gasteiger partial charge in [0.25, 0.3) is 5.91 Å². The van der Waals surface area contributed by atoms with Crippen molar-refractivity contribution in [2.75, 3.05) is 6.61 Å². The Balaban J connectivity index is 1.85. The van der Waals surface area contributed by atoms with Crippen molar-refractivity contribution in [3.05, 3.63) is 63.3 Å². The van der Waals surface area contributed by atoms with Gasteiger partial charge in [-0.3, -0.25) is 4.79 Å². The van der Waals surface area contributed by atoms with E-state index in [1.165, 1.54) is 18.3 Å². The number of carbonyl (C=O) groups is 1. The third kappa shape index (κ3) is 4.82. The number of benzene rings is 2. The summed E-state index contributed by atoms with van der Waals surface area (Å²) in [6.07, 6.45) is 1.22. The van der Waals surface area contributed by atoms with Crippen molar-refractivity contribution in [2.24, 2.45) is 5.10 Å². The number of hydrogen-bond acceptors (Lipinski definition) is 3. The van der Waals surface area contributed by atoms with Gasteiger partial charge in [-0.05, 0) is 30.3 Å². The van der Waals surface area contributed by atoms with Crippen molar-refractivity contribution >= 4 is 39.7 Å². The van der Waals surface area contributed by atoms with E-state index in [1.54, 1.807) is 30.3 Å². The fourth-order valence-electron chi connectivity index (χ4n) is 1.52. The Bertz CT molecular complexity index is 710. The molecule has 0 heterocycles. The Morgan fingerprint density at radius 1 is 1.36 bits per heavy atom. The molecule has 0 fully saturated rings. The number of nitrogens with one attached hydrogen (secondary N) is 1. The van der Waals surface area contributed by atoms with Crippen LogP contribution in [-0.4, -0.2) is 18.7 Å². The number of hydrogen-bond donors (Lipinski definition) is 1. The largest absolute Gasteiger partial charge is 0.482 e. The summed E-state index contributed by atoms with van der Waals surface area (Å²) in [6.45, 7) is -0.246. The van der Waals surface area contributed by atoms with E-state index < -0.39 is 11.7 Å². The van der Waals surface area contributed by atoms with Gasteiger partial charge in [0.2, 0.25) is 0 Å². The SMILES string of the molecule is O=C(COc1ccccc1Cl)N/N=C\c1ccc(Br)cc1F. The Morgan fingerprint density at radius 2 is 2.14 bits per heavy atom. The summed E-state index contributed by atoms with van der Waals surface area (Å²) in [7, 11) is 0. The van der Waals surface area contributed by atoms with Crippen LogP contribution in [0.3, 0.4) is 0 Å². The van der Waals surface area contributed by atoms with Gasteiger partial charge in [0, 0.05) is 10.0 Å². The van der Waals surface area contributed by atoms with Crippen molar-refractivity contribution in [2.45, 2.75) is 0 Å². The second-order valence-corrected chi connectivity index (χ2v) is 5.50. The second kappa shape index (κ2) is 7.91. The molecule has 2 aromatic rings. The van der Waals surface area contributed by atoms with Crippen LogP contribution in [0.1, 0.15) is 5.56 Å². The van der Waals surface area contributed by atoms with E-state index in [0.29, 0.717) is 15.2 Å². The smallest absolute Gasteiger partial charge is 0.277 e. The van der Waals surface area contributed by atoms with Gasteiger partial charge >= 0.3 is 0 Å². The summed E-state index contributed by atoms with van der Waals surface area (Å²) < 4.78 is 19.4. The molecule has 1 N–H and O–H groups in total. The molecule has 2 aromatic carbocycles. The highest BCUT2D eigenvalue weighted by Gasteiger charge is 2.04. The molecule has 0 bridgehead atoms. The molecule has 22 heavy (non-hydrogen) atoms. The molecular formula is C15H11BrClFN2O2. The first-order chi connectivity index (χ1) is 10.6. The zero-order chi connectivity index (χ0) is 15.9. The van der Waals surface area contributed by atoms with Crippen LogP contribution in [0, 0.1) is 5.82 Å². The minimum Gasteiger partial charge on any atom is -0.482 e. The van der Waals surface area contributed by atoms with Gasteiger partial charge in [0.05, 0.1) is 11.2 Å². The molecule has 114 valence electrons. The van der Waals surface area contributed by atoms with Gasteiger partial charge in [0.15, 0.2) is 6.61 Å². The number of nitrogens with zero attached hydrogens (tertiary/aromatic N) is 1. The average Bonchev–Trinajstić information content (AvgIpc) is 2.49. The molecule has 0 aliphatic carbocycles. The molecule has 0 saturated carbocycles. The van der Waals surface area contributed by atoms with E-state index >= 15 is 0 Å². The Hall–Kier alpha value is -1.92. The second-order valence-electron chi connectivity index (χ2n) is 4.18. The molecule has 7 heteroatoms. The van der Waals surface area contributed by atoms with Crippen LogP contribution in [0.2, 0.25) is 5.02 Å². The minimum absolute atomic E-state index is 0.246. The molecule has 0 aliphatic rings. The molecule has 0 aromatic heterocycles. The molecule has 0 spiro atoms. The maximum Gasteiger partial charge on any atom is 0.277 e. The zero-order valence-electron chi connectivity index (χ0n) is 11.2. The van der Waals surface area contributed by atoms with E-state index in [-0.39, 0.29) is 12.2 Å². The summed E-state index contributed by atoms with van der Waals surface area (Å²) in [5.41, 5.74) is 2.51. The van der Waals surface area contributed by atoms with Crippen LogP contribution >= 0.6 is 27.5 Å². The third-order valence-electron chi connectivity index (χ3n) is 2.55. The number of ether oxygens (including phenoxy) is 1. The zero-order valence-corrected chi connectivity index (χ0v) is 13.6. The molecule has 0 unspecified atom stereocenters. The number of rotatable bonds is 5. The molecule has 0 radical (unpaired) electrons. The number of hydrazone groups is 1. The molecule has 0 saturated heterocycles. The van der Waals surface area contributed by atoms with Gasteiger partial charge in [-0.25, -0.2) is 9.82 Å². The first kappa shape index (κ1) is 16.5. The van der Waals surface area contributed by atoms with Crippen molar-refractivity contribution in [3.8, 4) is 5.75 Å². The summed E-state index contributed by atoms with van der Waals surface area (Å²) in [4.78, 5) is 11.6.